The van der Waals surface area contributed by atoms with Gasteiger partial charge in [0.2, 0.25) is 0 Å². The maximum Gasteiger partial charge on any atom is 0.129 e. The molecule has 1 saturated heterocycles. The van der Waals surface area contributed by atoms with Crippen LogP contribution in [0.1, 0.15) is 11.6 Å². The second kappa shape index (κ2) is 6.36. The van der Waals surface area contributed by atoms with E-state index in [1.54, 1.807) is 18.5 Å². The first-order chi connectivity index (χ1) is 13.3. The molecule has 1 fully saturated rings. The molecule has 5 nitrogen and oxygen atoms in total. The van der Waals surface area contributed by atoms with Gasteiger partial charge in [-0.1, -0.05) is 30.3 Å². The van der Waals surface area contributed by atoms with Crippen molar-refractivity contribution in [3.63, 3.8) is 0 Å². The van der Waals surface area contributed by atoms with Crippen LogP contribution in [0, 0.1) is 0 Å². The lowest BCUT2D eigenvalue weighted by Gasteiger charge is -2.40. The molecule has 1 aliphatic rings. The lowest BCUT2D eigenvalue weighted by Crippen LogP contribution is -2.46. The van der Waals surface area contributed by atoms with Crippen LogP contribution >= 0.6 is 0 Å². The molecule has 0 aliphatic carbocycles. The summed E-state index contributed by atoms with van der Waals surface area (Å²) >= 11 is 0. The molecular weight excluding hydrogens is 336 g/mol. The summed E-state index contributed by atoms with van der Waals surface area (Å²) in [5, 5.41) is 11.4. The Morgan fingerprint density at radius 3 is 2.52 bits per heavy atom. The number of anilines is 1. The van der Waals surface area contributed by atoms with E-state index in [9.17, 15) is 5.11 Å². The molecule has 4 aromatic rings. The van der Waals surface area contributed by atoms with E-state index in [1.165, 1.54) is 0 Å². The summed E-state index contributed by atoms with van der Waals surface area (Å²) in [7, 11) is 0. The molecule has 1 N–H and O–H groups in total. The third kappa shape index (κ3) is 2.77. The van der Waals surface area contributed by atoms with Crippen LogP contribution in [-0.4, -0.2) is 33.1 Å². The van der Waals surface area contributed by atoms with Crippen molar-refractivity contribution >= 4 is 16.7 Å². The van der Waals surface area contributed by atoms with Crippen molar-refractivity contribution in [1.29, 1.82) is 0 Å². The SMILES string of the molecule is Oc1ccccc1-c1nccnc1C1CN(c2ccc3ccccc3n2)C1. The lowest BCUT2D eigenvalue weighted by atomic mass is 9.92. The maximum absolute atomic E-state index is 10.2. The summed E-state index contributed by atoms with van der Waals surface area (Å²) in [4.78, 5) is 16.1. The van der Waals surface area contributed by atoms with Crippen LogP contribution in [0.3, 0.4) is 0 Å². The van der Waals surface area contributed by atoms with Crippen LogP contribution in [0.25, 0.3) is 22.2 Å². The predicted octanol–water partition coefficient (Wildman–Crippen LogP) is 4.00. The molecule has 5 rings (SSSR count). The number of phenolic OH excluding ortho intramolecular Hbond substituents is 1. The van der Waals surface area contributed by atoms with Gasteiger partial charge in [-0.25, -0.2) is 4.98 Å². The van der Waals surface area contributed by atoms with Crippen molar-refractivity contribution in [3.05, 3.63) is 78.8 Å². The van der Waals surface area contributed by atoms with Crippen LogP contribution in [0.2, 0.25) is 0 Å². The molecule has 132 valence electrons. The van der Waals surface area contributed by atoms with Gasteiger partial charge >= 0.3 is 0 Å². The molecule has 0 amide bonds. The van der Waals surface area contributed by atoms with E-state index in [-0.39, 0.29) is 11.7 Å². The van der Waals surface area contributed by atoms with Crippen LogP contribution in [-0.2, 0) is 0 Å². The van der Waals surface area contributed by atoms with E-state index in [0.29, 0.717) is 0 Å². The van der Waals surface area contributed by atoms with Crippen LogP contribution in [0.15, 0.2) is 73.1 Å². The number of aromatic hydroxyl groups is 1. The Morgan fingerprint density at radius 1 is 0.852 bits per heavy atom. The Labute approximate surface area is 157 Å². The molecule has 0 radical (unpaired) electrons. The Bertz CT molecular complexity index is 1120. The van der Waals surface area contributed by atoms with Crippen LogP contribution in [0.5, 0.6) is 5.75 Å². The molecule has 5 heteroatoms. The third-order valence-corrected chi connectivity index (χ3v) is 5.06. The normalized spacial score (nSPS) is 14.3. The second-order valence-electron chi connectivity index (χ2n) is 6.77. The van der Waals surface area contributed by atoms with Gasteiger partial charge in [-0.3, -0.25) is 9.97 Å². The highest BCUT2D eigenvalue weighted by Gasteiger charge is 2.32. The minimum Gasteiger partial charge on any atom is -0.507 e. The first kappa shape index (κ1) is 15.8. The van der Waals surface area contributed by atoms with E-state index in [1.807, 2.05) is 36.4 Å². The third-order valence-electron chi connectivity index (χ3n) is 5.06. The number of rotatable bonds is 3. The largest absolute Gasteiger partial charge is 0.507 e. The van der Waals surface area contributed by atoms with Gasteiger partial charge in [0.15, 0.2) is 0 Å². The number of fused-ring (bicyclic) bond motifs is 1. The van der Waals surface area contributed by atoms with Gasteiger partial charge in [0.1, 0.15) is 11.6 Å². The zero-order valence-electron chi connectivity index (χ0n) is 14.7. The Kier molecular flexibility index (Phi) is 3.71. The molecule has 0 bridgehead atoms. The maximum atomic E-state index is 10.2. The number of pyridine rings is 1. The molecule has 0 saturated carbocycles. The summed E-state index contributed by atoms with van der Waals surface area (Å²) in [5.74, 6) is 1.48. The highest BCUT2D eigenvalue weighted by atomic mass is 16.3. The van der Waals surface area contributed by atoms with E-state index in [0.717, 1.165) is 46.8 Å². The monoisotopic (exact) mass is 354 g/mol. The minimum atomic E-state index is 0.228. The fourth-order valence-electron chi connectivity index (χ4n) is 3.60. The quantitative estimate of drug-likeness (QED) is 0.602. The highest BCUT2D eigenvalue weighted by Crippen LogP contribution is 2.37. The fourth-order valence-corrected chi connectivity index (χ4v) is 3.60. The number of para-hydroxylation sites is 2. The highest BCUT2D eigenvalue weighted by molar-refractivity contribution is 5.80. The number of nitrogens with zero attached hydrogens (tertiary/aromatic N) is 4. The molecule has 0 atom stereocenters. The fraction of sp³-hybridized carbons (Fsp3) is 0.136. The molecule has 3 heterocycles. The van der Waals surface area contributed by atoms with E-state index >= 15 is 0 Å². The standard InChI is InChI=1S/C22H18N4O/c27-19-8-4-2-6-17(19)22-21(23-11-12-24-22)16-13-26(14-16)20-10-9-15-5-1-3-7-18(15)25-20/h1-12,16,27H,13-14H2. The topological polar surface area (TPSA) is 62.1 Å². The van der Waals surface area contributed by atoms with Crippen LogP contribution < -0.4 is 4.90 Å². The number of hydrogen-bond acceptors (Lipinski definition) is 5. The second-order valence-corrected chi connectivity index (χ2v) is 6.77. The lowest BCUT2D eigenvalue weighted by molar-refractivity contribution is 0.476. The Morgan fingerprint density at radius 2 is 1.63 bits per heavy atom. The van der Waals surface area contributed by atoms with Gasteiger partial charge in [-0.05, 0) is 30.3 Å². The summed E-state index contributed by atoms with van der Waals surface area (Å²) in [6, 6.07) is 19.6. The van der Waals surface area contributed by atoms with Gasteiger partial charge in [0, 0.05) is 42.4 Å². The van der Waals surface area contributed by atoms with Crippen molar-refractivity contribution in [2.45, 2.75) is 5.92 Å². The molecule has 27 heavy (non-hydrogen) atoms. The van der Waals surface area contributed by atoms with Gasteiger partial charge in [-0.15, -0.1) is 0 Å². The number of phenols is 1. The van der Waals surface area contributed by atoms with Gasteiger partial charge in [0.05, 0.1) is 16.9 Å². The van der Waals surface area contributed by atoms with Gasteiger partial charge < -0.3 is 10.0 Å². The van der Waals surface area contributed by atoms with E-state index in [2.05, 4.69) is 33.1 Å². The number of aromatic nitrogens is 3. The summed E-state index contributed by atoms with van der Waals surface area (Å²) in [6.07, 6.45) is 3.39. The number of benzene rings is 2. The van der Waals surface area contributed by atoms with Crippen molar-refractivity contribution in [1.82, 2.24) is 15.0 Å². The van der Waals surface area contributed by atoms with Crippen molar-refractivity contribution in [2.75, 3.05) is 18.0 Å². The average Bonchev–Trinajstić information content (AvgIpc) is 2.68. The Balaban J connectivity index is 1.42. The number of hydrogen-bond donors (Lipinski definition) is 1. The van der Waals surface area contributed by atoms with E-state index in [4.69, 9.17) is 4.98 Å². The van der Waals surface area contributed by atoms with E-state index < -0.39 is 0 Å². The first-order valence-corrected chi connectivity index (χ1v) is 8.99. The molecule has 0 unspecified atom stereocenters. The molecule has 0 spiro atoms. The zero-order chi connectivity index (χ0) is 18.2. The summed E-state index contributed by atoms with van der Waals surface area (Å²) in [5.41, 5.74) is 3.42. The van der Waals surface area contributed by atoms with Crippen LogP contribution in [0.4, 0.5) is 5.82 Å². The molecule has 2 aromatic heterocycles. The smallest absolute Gasteiger partial charge is 0.129 e. The predicted molar refractivity (Wildman–Crippen MR) is 106 cm³/mol. The van der Waals surface area contributed by atoms with Gasteiger partial charge in [-0.2, -0.15) is 0 Å². The molecular formula is C22H18N4O. The van der Waals surface area contributed by atoms with Gasteiger partial charge in [0.25, 0.3) is 0 Å². The summed E-state index contributed by atoms with van der Waals surface area (Å²) in [6.45, 7) is 1.68. The summed E-state index contributed by atoms with van der Waals surface area (Å²) < 4.78 is 0. The van der Waals surface area contributed by atoms with Crippen molar-refractivity contribution < 1.29 is 5.11 Å². The first-order valence-electron chi connectivity index (χ1n) is 8.99. The minimum absolute atomic E-state index is 0.228. The van der Waals surface area contributed by atoms with Crippen molar-refractivity contribution in [2.24, 2.45) is 0 Å². The Hall–Kier alpha value is -3.47. The molecule has 1 aliphatic heterocycles. The zero-order valence-corrected chi connectivity index (χ0v) is 14.7. The molecule has 2 aromatic carbocycles. The average molecular weight is 354 g/mol. The van der Waals surface area contributed by atoms with Crippen molar-refractivity contribution in [3.8, 4) is 17.0 Å².